The molecule has 0 aliphatic carbocycles. The maximum Gasteiger partial charge on any atom is 0.326 e. The van der Waals surface area contributed by atoms with E-state index in [0.29, 0.717) is 12.2 Å². The monoisotopic (exact) mass is 845 g/mol. The summed E-state index contributed by atoms with van der Waals surface area (Å²) in [7, 11) is 0. The zero-order valence-corrected chi connectivity index (χ0v) is 36.0. The van der Waals surface area contributed by atoms with Crippen molar-refractivity contribution in [3.05, 3.63) is 0 Å². The number of rotatable bonds is 28. The second kappa shape index (κ2) is 28.0. The Morgan fingerprint density at radius 3 is 1.38 bits per heavy atom. The van der Waals surface area contributed by atoms with Gasteiger partial charge >= 0.3 is 5.97 Å². The van der Waals surface area contributed by atoms with Crippen LogP contribution in [-0.2, 0) is 43.2 Å². The van der Waals surface area contributed by atoms with Gasteiger partial charge in [0.15, 0.2) is 0 Å². The van der Waals surface area contributed by atoms with Gasteiger partial charge in [-0.2, -0.15) is 11.8 Å². The van der Waals surface area contributed by atoms with Crippen molar-refractivity contribution >= 4 is 65.0 Å². The third kappa shape index (κ3) is 21.9. The molecule has 20 nitrogen and oxygen atoms in total. The number of aliphatic carboxylic acids is 1. The maximum atomic E-state index is 13.5. The van der Waals surface area contributed by atoms with Crippen molar-refractivity contribution in [3.8, 4) is 0 Å². The number of aliphatic hydroxyl groups excluding tert-OH is 1. The lowest BCUT2D eigenvalue weighted by Gasteiger charge is -2.27. The minimum atomic E-state index is -1.53. The summed E-state index contributed by atoms with van der Waals surface area (Å²) >= 11 is 1.39. The third-order valence-corrected chi connectivity index (χ3v) is 9.04. The molecule has 0 aliphatic heterocycles. The Morgan fingerprint density at radius 1 is 0.534 bits per heavy atom. The highest BCUT2D eigenvalue weighted by Gasteiger charge is 2.32. The van der Waals surface area contributed by atoms with Crippen molar-refractivity contribution in [2.45, 2.75) is 117 Å². The Hall–Kier alpha value is -4.50. The number of carboxylic acid groups (broad SMARTS) is 1. The molecule has 6 atom stereocenters. The van der Waals surface area contributed by atoms with E-state index in [2.05, 4.69) is 42.5 Å². The number of carbonyl (C=O) groups is 9. The normalized spacial score (nSPS) is 14.3. The Labute approximate surface area is 345 Å². The molecule has 0 aliphatic rings. The van der Waals surface area contributed by atoms with Gasteiger partial charge in [0.1, 0.15) is 36.3 Å². The molecule has 21 heteroatoms. The average Bonchev–Trinajstić information content (AvgIpc) is 3.13. The number of carboxylic acids is 1. The summed E-state index contributed by atoms with van der Waals surface area (Å²) in [6.45, 7) is 11.8. The van der Waals surface area contributed by atoms with E-state index in [1.807, 2.05) is 27.7 Å². The zero-order valence-electron chi connectivity index (χ0n) is 35.2. The predicted octanol–water partition coefficient (Wildman–Crippen LogP) is -2.29. The van der Waals surface area contributed by atoms with E-state index in [0.717, 1.165) is 0 Å². The number of nitrogens with two attached hydrogens (primary N) is 1. The van der Waals surface area contributed by atoms with Crippen molar-refractivity contribution in [1.82, 2.24) is 42.5 Å². The second-order valence-electron chi connectivity index (χ2n) is 15.5. The molecule has 0 bridgehead atoms. The average molecular weight is 846 g/mol. The first-order chi connectivity index (χ1) is 27.1. The number of hydrogen-bond acceptors (Lipinski definition) is 12. The van der Waals surface area contributed by atoms with E-state index in [-0.39, 0.29) is 43.6 Å². The zero-order chi connectivity index (χ0) is 44.7. The van der Waals surface area contributed by atoms with Crippen LogP contribution in [0.3, 0.4) is 0 Å². The topological polar surface area (TPSA) is 316 Å². The van der Waals surface area contributed by atoms with E-state index in [1.54, 1.807) is 34.0 Å². The first-order valence-corrected chi connectivity index (χ1v) is 20.8. The van der Waals surface area contributed by atoms with Crippen molar-refractivity contribution in [2.24, 2.45) is 29.4 Å². The highest BCUT2D eigenvalue weighted by Crippen LogP contribution is 2.10. The fourth-order valence-electron chi connectivity index (χ4n) is 5.45. The van der Waals surface area contributed by atoms with Crippen molar-refractivity contribution < 1.29 is 53.4 Å². The lowest BCUT2D eigenvalue weighted by Crippen LogP contribution is -2.59. The Morgan fingerprint density at radius 2 is 0.948 bits per heavy atom. The first kappa shape index (κ1) is 53.5. The molecule has 0 aromatic rings. The number of aliphatic hydroxyl groups is 1. The second-order valence-corrected chi connectivity index (χ2v) is 16.5. The van der Waals surface area contributed by atoms with Crippen LogP contribution in [0.4, 0.5) is 0 Å². The molecule has 8 amide bonds. The van der Waals surface area contributed by atoms with Crippen molar-refractivity contribution in [1.29, 1.82) is 0 Å². The van der Waals surface area contributed by atoms with Crippen LogP contribution < -0.4 is 48.3 Å². The number of hydrogen-bond donors (Lipinski definition) is 11. The fourth-order valence-corrected chi connectivity index (χ4v) is 5.92. The van der Waals surface area contributed by atoms with Crippen LogP contribution in [0.5, 0.6) is 0 Å². The van der Waals surface area contributed by atoms with Gasteiger partial charge in [-0.05, 0) is 61.4 Å². The van der Waals surface area contributed by atoms with Crippen LogP contribution in [0.15, 0.2) is 0 Å². The quantitative estimate of drug-likeness (QED) is 0.0396. The van der Waals surface area contributed by atoms with Gasteiger partial charge in [-0.3, -0.25) is 38.4 Å². The molecular weight excluding hydrogens is 779 g/mol. The lowest BCUT2D eigenvalue weighted by molar-refractivity contribution is -0.142. The third-order valence-electron chi connectivity index (χ3n) is 8.40. The molecule has 0 radical (unpaired) electrons. The highest BCUT2D eigenvalue weighted by molar-refractivity contribution is 7.98. The fraction of sp³-hybridized carbons (Fsp3) is 0.757. The van der Waals surface area contributed by atoms with Gasteiger partial charge in [0, 0.05) is 0 Å². The summed E-state index contributed by atoms with van der Waals surface area (Å²) in [5, 5.41) is 39.0. The molecule has 0 fully saturated rings. The molecule has 12 N–H and O–H groups in total. The summed E-state index contributed by atoms with van der Waals surface area (Å²) in [5.74, 6) is -7.23. The van der Waals surface area contributed by atoms with Gasteiger partial charge < -0.3 is 58.5 Å². The molecule has 0 saturated carbocycles. The number of thioether (sulfide) groups is 1. The smallest absolute Gasteiger partial charge is 0.326 e. The maximum absolute atomic E-state index is 13.5. The Bertz CT molecular complexity index is 1400. The van der Waals surface area contributed by atoms with Gasteiger partial charge in [-0.15, -0.1) is 0 Å². The van der Waals surface area contributed by atoms with Crippen molar-refractivity contribution in [2.75, 3.05) is 38.2 Å². The lowest BCUT2D eigenvalue weighted by atomic mass is 10.00. The molecule has 0 heterocycles. The number of nitrogens with one attached hydrogen (secondary N) is 8. The van der Waals surface area contributed by atoms with Gasteiger partial charge in [-0.25, -0.2) is 4.79 Å². The SMILES string of the molecule is CSCC[C@H](NC(=O)CNC(=O)[C@H](CC(C)C)NC(=O)[C@H](CC(C)C)NC(=O)CN)C(=O)N[C@H](C(=O)N[C@@H](CO)C(=O)NCC(=O)N[C@@H](CC(C)C)C(=O)O)C(C)C. The molecule has 0 rings (SSSR count). The van der Waals surface area contributed by atoms with Crippen LogP contribution in [0.2, 0.25) is 0 Å². The van der Waals surface area contributed by atoms with Gasteiger partial charge in [0.05, 0.1) is 26.2 Å². The number of amides is 8. The highest BCUT2D eigenvalue weighted by atomic mass is 32.2. The molecule has 0 aromatic heterocycles. The molecule has 0 spiro atoms. The van der Waals surface area contributed by atoms with Crippen LogP contribution in [0.25, 0.3) is 0 Å². The molecule has 332 valence electrons. The summed E-state index contributed by atoms with van der Waals surface area (Å²) in [4.78, 5) is 115. The van der Waals surface area contributed by atoms with Gasteiger partial charge in [0.25, 0.3) is 0 Å². The first-order valence-electron chi connectivity index (χ1n) is 19.4. The van der Waals surface area contributed by atoms with E-state index < -0.39 is 115 Å². The summed E-state index contributed by atoms with van der Waals surface area (Å²) < 4.78 is 0. The summed E-state index contributed by atoms with van der Waals surface area (Å²) in [5.41, 5.74) is 5.41. The molecule has 58 heavy (non-hydrogen) atoms. The molecule has 0 saturated heterocycles. The minimum absolute atomic E-state index is 0.0311. The Balaban J connectivity index is 5.66. The standard InChI is InChI=1S/C37H67N9O11S/c1-19(2)12-24(44-35(54)25(13-20(3)4)42-28(48)15-38)32(51)39-16-29(49)41-23(10-11-58-9)34(53)46-31(22(7)8)36(55)45-27(18-47)33(52)40-17-30(50)43-26(37(56)57)14-21(5)6/h19-27,31,47H,10-18,38H2,1-9H3,(H,39,51)(H,40,52)(H,41,49)(H,42,48)(H,43,50)(H,44,54)(H,45,55)(H,46,53)(H,56,57)/t23-,24-,25-,26-,27-,31-/m0/s1. The van der Waals surface area contributed by atoms with Crippen LogP contribution in [-0.4, -0.2) is 138 Å². The molecule has 0 aromatic carbocycles. The van der Waals surface area contributed by atoms with E-state index >= 15 is 0 Å². The summed E-state index contributed by atoms with van der Waals surface area (Å²) in [6.07, 6.45) is 2.60. The minimum Gasteiger partial charge on any atom is -0.480 e. The van der Waals surface area contributed by atoms with E-state index in [1.165, 1.54) is 11.8 Å². The Kier molecular flexibility index (Phi) is 25.8. The molecular formula is C37H67N9O11S. The van der Waals surface area contributed by atoms with Crippen LogP contribution in [0.1, 0.15) is 81.1 Å². The van der Waals surface area contributed by atoms with E-state index in [9.17, 15) is 53.4 Å². The molecule has 0 unspecified atom stereocenters. The predicted molar refractivity (Wildman–Crippen MR) is 218 cm³/mol. The van der Waals surface area contributed by atoms with E-state index in [4.69, 9.17) is 5.73 Å². The van der Waals surface area contributed by atoms with Crippen LogP contribution in [0, 0.1) is 23.7 Å². The van der Waals surface area contributed by atoms with Gasteiger partial charge in [0.2, 0.25) is 47.3 Å². The van der Waals surface area contributed by atoms with Crippen LogP contribution >= 0.6 is 11.8 Å². The van der Waals surface area contributed by atoms with Crippen molar-refractivity contribution in [3.63, 3.8) is 0 Å². The van der Waals surface area contributed by atoms with Gasteiger partial charge in [-0.1, -0.05) is 55.4 Å². The number of carbonyl (C=O) groups excluding carboxylic acids is 8. The summed E-state index contributed by atoms with van der Waals surface area (Å²) in [6, 6.07) is -7.09. The largest absolute Gasteiger partial charge is 0.480 e.